The van der Waals surface area contributed by atoms with E-state index in [1.54, 1.807) is 6.07 Å². The Morgan fingerprint density at radius 1 is 1.06 bits per heavy atom. The maximum atomic E-state index is 9.72. The van der Waals surface area contributed by atoms with E-state index in [9.17, 15) is 5.11 Å². The van der Waals surface area contributed by atoms with Crippen molar-refractivity contribution >= 4 is 15.9 Å². The number of aryl methyl sites for hydroxylation is 1. The van der Waals surface area contributed by atoms with Crippen molar-refractivity contribution in [2.45, 2.75) is 20.0 Å². The molecule has 2 nitrogen and oxygen atoms in total. The monoisotopic (exact) mass is 305 g/mol. The van der Waals surface area contributed by atoms with Crippen LogP contribution in [0.4, 0.5) is 0 Å². The lowest BCUT2D eigenvalue weighted by Gasteiger charge is -2.08. The summed E-state index contributed by atoms with van der Waals surface area (Å²) in [6.07, 6.45) is 0. The van der Waals surface area contributed by atoms with E-state index >= 15 is 0 Å². The average molecular weight is 306 g/mol. The standard InChI is InChI=1S/C15H16BrNO/c1-11-2-7-15(18)13(8-11)10-17-9-12-3-5-14(16)6-4-12/h2-8,17-18H,9-10H2,1H3. The first-order valence-electron chi connectivity index (χ1n) is 5.89. The van der Waals surface area contributed by atoms with Gasteiger partial charge in [0.15, 0.2) is 0 Å². The van der Waals surface area contributed by atoms with Gasteiger partial charge in [-0.25, -0.2) is 0 Å². The second-order valence-corrected chi connectivity index (χ2v) is 5.28. The zero-order valence-corrected chi connectivity index (χ0v) is 11.9. The second-order valence-electron chi connectivity index (χ2n) is 4.36. The summed E-state index contributed by atoms with van der Waals surface area (Å²) < 4.78 is 1.09. The normalized spacial score (nSPS) is 10.6. The Bertz CT molecular complexity index is 523. The Labute approximate surface area is 116 Å². The zero-order valence-electron chi connectivity index (χ0n) is 10.3. The Hall–Kier alpha value is -1.32. The van der Waals surface area contributed by atoms with Gasteiger partial charge >= 0.3 is 0 Å². The summed E-state index contributed by atoms with van der Waals surface area (Å²) in [5.41, 5.74) is 3.32. The number of hydrogen-bond donors (Lipinski definition) is 2. The molecule has 3 heteroatoms. The molecule has 18 heavy (non-hydrogen) atoms. The van der Waals surface area contributed by atoms with Gasteiger partial charge in [-0.05, 0) is 30.7 Å². The molecule has 0 aliphatic carbocycles. The molecular weight excluding hydrogens is 290 g/mol. The van der Waals surface area contributed by atoms with Crippen molar-refractivity contribution < 1.29 is 5.11 Å². The quantitative estimate of drug-likeness (QED) is 0.901. The van der Waals surface area contributed by atoms with Gasteiger partial charge in [-0.1, -0.05) is 45.8 Å². The van der Waals surface area contributed by atoms with Crippen molar-refractivity contribution in [3.05, 3.63) is 63.6 Å². The topological polar surface area (TPSA) is 32.3 Å². The Kier molecular flexibility index (Phi) is 4.39. The smallest absolute Gasteiger partial charge is 0.120 e. The Morgan fingerprint density at radius 2 is 1.78 bits per heavy atom. The van der Waals surface area contributed by atoms with Gasteiger partial charge in [0.25, 0.3) is 0 Å². The fourth-order valence-electron chi connectivity index (χ4n) is 1.80. The van der Waals surface area contributed by atoms with Gasteiger partial charge in [-0.15, -0.1) is 0 Å². The van der Waals surface area contributed by atoms with E-state index in [2.05, 4.69) is 33.4 Å². The van der Waals surface area contributed by atoms with Crippen LogP contribution in [0.2, 0.25) is 0 Å². The van der Waals surface area contributed by atoms with E-state index in [-0.39, 0.29) is 0 Å². The van der Waals surface area contributed by atoms with Crippen LogP contribution in [0.1, 0.15) is 16.7 Å². The van der Waals surface area contributed by atoms with Crippen LogP contribution in [0, 0.1) is 6.92 Å². The predicted molar refractivity (Wildman–Crippen MR) is 77.5 cm³/mol. The summed E-state index contributed by atoms with van der Waals surface area (Å²) in [6, 6.07) is 13.9. The molecular formula is C15H16BrNO. The number of hydrogen-bond acceptors (Lipinski definition) is 2. The largest absolute Gasteiger partial charge is 0.508 e. The van der Waals surface area contributed by atoms with Crippen LogP contribution in [0.25, 0.3) is 0 Å². The molecule has 0 saturated heterocycles. The molecule has 0 atom stereocenters. The lowest BCUT2D eigenvalue weighted by Crippen LogP contribution is -2.12. The van der Waals surface area contributed by atoms with Crippen molar-refractivity contribution in [1.82, 2.24) is 5.32 Å². The Morgan fingerprint density at radius 3 is 2.50 bits per heavy atom. The van der Waals surface area contributed by atoms with Crippen molar-refractivity contribution in [3.63, 3.8) is 0 Å². The number of benzene rings is 2. The Balaban J connectivity index is 1.92. The third-order valence-corrected chi connectivity index (χ3v) is 3.32. The van der Waals surface area contributed by atoms with E-state index in [0.29, 0.717) is 12.3 Å². The summed E-state index contributed by atoms with van der Waals surface area (Å²) in [4.78, 5) is 0. The third-order valence-electron chi connectivity index (χ3n) is 2.79. The summed E-state index contributed by atoms with van der Waals surface area (Å²) in [5.74, 6) is 0.351. The molecule has 0 aromatic heterocycles. The third kappa shape index (κ3) is 3.59. The maximum Gasteiger partial charge on any atom is 0.120 e. The highest BCUT2D eigenvalue weighted by molar-refractivity contribution is 9.10. The molecule has 0 saturated carbocycles. The first-order valence-corrected chi connectivity index (χ1v) is 6.68. The molecule has 0 amide bonds. The lowest BCUT2D eigenvalue weighted by molar-refractivity contribution is 0.464. The van der Waals surface area contributed by atoms with Gasteiger partial charge < -0.3 is 10.4 Å². The molecule has 0 spiro atoms. The number of aromatic hydroxyl groups is 1. The SMILES string of the molecule is Cc1ccc(O)c(CNCc2ccc(Br)cc2)c1. The van der Waals surface area contributed by atoms with E-state index in [1.165, 1.54) is 5.56 Å². The number of rotatable bonds is 4. The molecule has 0 bridgehead atoms. The first kappa shape index (κ1) is 13.1. The predicted octanol–water partition coefficient (Wildman–Crippen LogP) is 3.75. The number of halogens is 1. The van der Waals surface area contributed by atoms with Gasteiger partial charge in [0, 0.05) is 23.1 Å². The van der Waals surface area contributed by atoms with E-state index < -0.39 is 0 Å². The summed E-state index contributed by atoms with van der Waals surface area (Å²) in [7, 11) is 0. The van der Waals surface area contributed by atoms with Crippen LogP contribution in [0.15, 0.2) is 46.9 Å². The molecule has 0 aliphatic heterocycles. The van der Waals surface area contributed by atoms with Crippen LogP contribution in [0.3, 0.4) is 0 Å². The van der Waals surface area contributed by atoms with Crippen LogP contribution in [-0.2, 0) is 13.1 Å². The van der Waals surface area contributed by atoms with Gasteiger partial charge in [0.05, 0.1) is 0 Å². The lowest BCUT2D eigenvalue weighted by atomic mass is 10.1. The van der Waals surface area contributed by atoms with Crippen LogP contribution >= 0.6 is 15.9 Å². The molecule has 2 rings (SSSR count). The molecule has 0 radical (unpaired) electrons. The molecule has 0 aliphatic rings. The van der Waals surface area contributed by atoms with E-state index in [0.717, 1.165) is 22.1 Å². The highest BCUT2D eigenvalue weighted by Crippen LogP contribution is 2.18. The first-order chi connectivity index (χ1) is 8.65. The highest BCUT2D eigenvalue weighted by Gasteiger charge is 2.01. The van der Waals surface area contributed by atoms with Crippen molar-refractivity contribution in [2.24, 2.45) is 0 Å². The molecule has 2 aromatic rings. The van der Waals surface area contributed by atoms with Crippen LogP contribution in [-0.4, -0.2) is 5.11 Å². The fraction of sp³-hybridized carbons (Fsp3) is 0.200. The van der Waals surface area contributed by atoms with Gasteiger partial charge in [0.2, 0.25) is 0 Å². The number of phenolic OH excluding ortho intramolecular Hbond substituents is 1. The minimum absolute atomic E-state index is 0.351. The zero-order chi connectivity index (χ0) is 13.0. The van der Waals surface area contributed by atoms with Crippen LogP contribution in [0.5, 0.6) is 5.75 Å². The van der Waals surface area contributed by atoms with E-state index in [1.807, 2.05) is 31.2 Å². The second kappa shape index (κ2) is 6.03. The minimum Gasteiger partial charge on any atom is -0.508 e. The number of nitrogens with one attached hydrogen (secondary N) is 1. The maximum absolute atomic E-state index is 9.72. The average Bonchev–Trinajstić information content (AvgIpc) is 2.36. The van der Waals surface area contributed by atoms with Gasteiger partial charge in [-0.3, -0.25) is 0 Å². The molecule has 94 valence electrons. The summed E-state index contributed by atoms with van der Waals surface area (Å²) in [6.45, 7) is 3.49. The fourth-order valence-corrected chi connectivity index (χ4v) is 2.06. The molecule has 0 fully saturated rings. The molecule has 2 aromatic carbocycles. The van der Waals surface area contributed by atoms with E-state index in [4.69, 9.17) is 0 Å². The summed E-state index contributed by atoms with van der Waals surface area (Å²) in [5, 5.41) is 13.1. The van der Waals surface area contributed by atoms with Crippen molar-refractivity contribution in [1.29, 1.82) is 0 Å². The minimum atomic E-state index is 0.351. The molecule has 0 heterocycles. The van der Waals surface area contributed by atoms with Gasteiger partial charge in [0.1, 0.15) is 5.75 Å². The highest BCUT2D eigenvalue weighted by atomic mass is 79.9. The van der Waals surface area contributed by atoms with Crippen molar-refractivity contribution in [3.8, 4) is 5.75 Å². The number of phenols is 1. The molecule has 2 N–H and O–H groups in total. The molecule has 0 unspecified atom stereocenters. The van der Waals surface area contributed by atoms with Gasteiger partial charge in [-0.2, -0.15) is 0 Å². The van der Waals surface area contributed by atoms with Crippen molar-refractivity contribution in [2.75, 3.05) is 0 Å². The van der Waals surface area contributed by atoms with Crippen LogP contribution < -0.4 is 5.32 Å². The summed E-state index contributed by atoms with van der Waals surface area (Å²) >= 11 is 3.41.